The number of unbranched alkanes of at least 4 members (excludes halogenated alkanes) is 2. The van der Waals surface area contributed by atoms with E-state index in [4.69, 9.17) is 10.00 Å². The van der Waals surface area contributed by atoms with Gasteiger partial charge in [-0.15, -0.1) is 0 Å². The zero-order chi connectivity index (χ0) is 30.4. The predicted octanol–water partition coefficient (Wildman–Crippen LogP) is 11.5. The maximum Gasteiger partial charge on any atom is 0.400 e. The van der Waals surface area contributed by atoms with Gasteiger partial charge in [0.1, 0.15) is 17.4 Å². The summed E-state index contributed by atoms with van der Waals surface area (Å²) in [6.07, 6.45) is 14.9. The van der Waals surface area contributed by atoms with Crippen molar-refractivity contribution in [2.75, 3.05) is 0 Å². The molecule has 2 aromatic rings. The van der Waals surface area contributed by atoms with Gasteiger partial charge in [-0.25, -0.2) is 8.78 Å². The number of hydrogen-bond donors (Lipinski definition) is 0. The normalized spacial score (nSPS) is 28.3. The molecule has 0 spiro atoms. The van der Waals surface area contributed by atoms with Crippen LogP contribution in [0.25, 0.3) is 11.1 Å². The van der Waals surface area contributed by atoms with Crippen molar-refractivity contribution in [3.63, 3.8) is 0 Å². The van der Waals surface area contributed by atoms with E-state index in [9.17, 15) is 8.78 Å². The Kier molecular flexibility index (Phi) is 10.7. The Hall–Kier alpha value is -2.55. The Labute approximate surface area is 255 Å². The second kappa shape index (κ2) is 14.5. The molecule has 0 heterocycles. The van der Waals surface area contributed by atoms with Gasteiger partial charge in [0.25, 0.3) is 0 Å². The molecule has 2 nitrogen and oxygen atoms in total. The summed E-state index contributed by atoms with van der Waals surface area (Å²) in [4.78, 5) is 0. The summed E-state index contributed by atoms with van der Waals surface area (Å²) in [5.41, 5.74) is 0.257. The maximum atomic E-state index is 15.2. The Balaban J connectivity index is 1.08. The summed E-state index contributed by atoms with van der Waals surface area (Å²) < 4.78 is 65.1. The first-order valence-corrected chi connectivity index (χ1v) is 16.8. The maximum absolute atomic E-state index is 15.2. The van der Waals surface area contributed by atoms with Gasteiger partial charge < -0.3 is 4.74 Å². The Morgan fingerprint density at radius 3 is 1.72 bits per heavy atom. The van der Waals surface area contributed by atoms with Crippen LogP contribution >= 0.6 is 0 Å². The number of rotatable bonds is 10. The van der Waals surface area contributed by atoms with Crippen LogP contribution in [-0.2, 0) is 0 Å². The number of benzene rings is 2. The van der Waals surface area contributed by atoms with Crippen molar-refractivity contribution >= 4 is 0 Å². The first kappa shape index (κ1) is 31.9. The molecular formula is C37H47F4NO. The van der Waals surface area contributed by atoms with Crippen LogP contribution < -0.4 is 4.74 Å². The van der Waals surface area contributed by atoms with Crippen LogP contribution in [0.5, 0.6) is 5.75 Å². The number of nitriles is 1. The van der Waals surface area contributed by atoms with Gasteiger partial charge >= 0.3 is 6.11 Å². The minimum absolute atomic E-state index is 0.227. The summed E-state index contributed by atoms with van der Waals surface area (Å²) in [5.74, 6) is 0.393. The zero-order valence-electron chi connectivity index (χ0n) is 25.6. The molecule has 3 fully saturated rings. The van der Waals surface area contributed by atoms with Gasteiger partial charge in [-0.2, -0.15) is 14.0 Å². The van der Waals surface area contributed by atoms with Crippen molar-refractivity contribution in [3.8, 4) is 22.9 Å². The van der Waals surface area contributed by atoms with Gasteiger partial charge in [-0.05, 0) is 111 Å². The fourth-order valence-corrected chi connectivity index (χ4v) is 8.48. The van der Waals surface area contributed by atoms with Crippen LogP contribution in [0.2, 0.25) is 0 Å². The number of nitrogens with zero attached hydrogens (tertiary/aromatic N) is 1. The molecule has 2 aromatic carbocycles. The molecule has 5 rings (SSSR count). The highest BCUT2D eigenvalue weighted by Gasteiger charge is 2.45. The standard InChI is InChI=1S/C37H47F4NO/c1-2-3-4-5-25-6-10-27(11-7-25)28-14-16-29(17-15-28)30-18-20-32(21-19-30)37(40,41)43-33-22-34(38)36(35(39)23-33)31-12-8-26(24-42)9-13-31/h8-9,12-13,22-23,25,27-30,32H,2-7,10-11,14-21H2,1H3. The average molecular weight is 598 g/mol. The zero-order valence-corrected chi connectivity index (χ0v) is 25.6. The van der Waals surface area contributed by atoms with E-state index in [1.165, 1.54) is 101 Å². The second-order valence-corrected chi connectivity index (χ2v) is 13.7. The lowest BCUT2D eigenvalue weighted by molar-refractivity contribution is -0.224. The minimum atomic E-state index is -3.49. The second-order valence-electron chi connectivity index (χ2n) is 13.7. The van der Waals surface area contributed by atoms with E-state index in [1.54, 1.807) is 0 Å². The van der Waals surface area contributed by atoms with Gasteiger partial charge in [0, 0.05) is 12.1 Å². The van der Waals surface area contributed by atoms with Gasteiger partial charge in [-0.3, -0.25) is 0 Å². The Bertz CT molecular complexity index is 1190. The van der Waals surface area contributed by atoms with Crippen LogP contribution in [0.1, 0.15) is 115 Å². The predicted molar refractivity (Wildman–Crippen MR) is 163 cm³/mol. The third-order valence-electron chi connectivity index (χ3n) is 11.1. The molecule has 0 atom stereocenters. The quantitative estimate of drug-likeness (QED) is 0.202. The van der Waals surface area contributed by atoms with E-state index in [-0.39, 0.29) is 11.1 Å². The van der Waals surface area contributed by atoms with E-state index in [1.807, 2.05) is 6.07 Å². The van der Waals surface area contributed by atoms with Crippen LogP contribution in [0.15, 0.2) is 36.4 Å². The molecule has 0 radical (unpaired) electrons. The molecule has 43 heavy (non-hydrogen) atoms. The lowest BCUT2D eigenvalue weighted by Gasteiger charge is -2.42. The van der Waals surface area contributed by atoms with Crippen molar-refractivity contribution in [1.82, 2.24) is 0 Å². The van der Waals surface area contributed by atoms with Crippen molar-refractivity contribution in [1.29, 1.82) is 5.26 Å². The fraction of sp³-hybridized carbons (Fsp3) is 0.649. The Morgan fingerprint density at radius 2 is 1.23 bits per heavy atom. The minimum Gasteiger partial charge on any atom is -0.432 e. The van der Waals surface area contributed by atoms with Crippen molar-refractivity contribution in [3.05, 3.63) is 53.6 Å². The smallest absolute Gasteiger partial charge is 0.400 e. The highest BCUT2D eigenvalue weighted by Crippen LogP contribution is 2.48. The fourth-order valence-electron chi connectivity index (χ4n) is 8.48. The van der Waals surface area contributed by atoms with Crippen molar-refractivity contribution in [2.24, 2.45) is 35.5 Å². The largest absolute Gasteiger partial charge is 0.432 e. The molecule has 6 heteroatoms. The molecule has 0 saturated heterocycles. The molecule has 3 aliphatic rings. The average Bonchev–Trinajstić information content (AvgIpc) is 3.01. The van der Waals surface area contributed by atoms with Crippen LogP contribution in [0, 0.1) is 58.5 Å². The van der Waals surface area contributed by atoms with E-state index in [0.717, 1.165) is 42.7 Å². The highest BCUT2D eigenvalue weighted by molar-refractivity contribution is 5.66. The highest BCUT2D eigenvalue weighted by atomic mass is 19.3. The molecule has 234 valence electrons. The van der Waals surface area contributed by atoms with Gasteiger partial charge in [-0.1, -0.05) is 57.6 Å². The molecule has 0 N–H and O–H groups in total. The molecule has 0 aromatic heterocycles. The number of hydrogen-bond acceptors (Lipinski definition) is 2. The van der Waals surface area contributed by atoms with E-state index < -0.39 is 29.4 Å². The summed E-state index contributed by atoms with van der Waals surface area (Å²) in [6.45, 7) is 2.28. The first-order chi connectivity index (χ1) is 20.8. The van der Waals surface area contributed by atoms with Gasteiger partial charge in [0.2, 0.25) is 0 Å². The van der Waals surface area contributed by atoms with E-state index >= 15 is 8.78 Å². The summed E-state index contributed by atoms with van der Waals surface area (Å²) >= 11 is 0. The number of ether oxygens (including phenoxy) is 1. The third kappa shape index (κ3) is 7.95. The molecule has 0 bridgehead atoms. The van der Waals surface area contributed by atoms with Crippen molar-refractivity contribution in [2.45, 2.75) is 116 Å². The van der Waals surface area contributed by atoms with Crippen LogP contribution in [-0.4, -0.2) is 6.11 Å². The summed E-state index contributed by atoms with van der Waals surface area (Å²) in [7, 11) is 0. The molecule has 3 saturated carbocycles. The van der Waals surface area contributed by atoms with E-state index in [0.29, 0.717) is 30.2 Å². The SMILES string of the molecule is CCCCCC1CCC(C2CCC(C3CCC(C(F)(F)Oc4cc(F)c(-c5ccc(C#N)cc5)c(F)c4)CC3)CC2)CC1. The Morgan fingerprint density at radius 1 is 0.744 bits per heavy atom. The van der Waals surface area contributed by atoms with Crippen LogP contribution in [0.4, 0.5) is 17.6 Å². The van der Waals surface area contributed by atoms with E-state index in [2.05, 4.69) is 6.92 Å². The monoisotopic (exact) mass is 597 g/mol. The van der Waals surface area contributed by atoms with Crippen LogP contribution in [0.3, 0.4) is 0 Å². The first-order valence-electron chi connectivity index (χ1n) is 16.8. The number of alkyl halides is 2. The topological polar surface area (TPSA) is 33.0 Å². The number of halogens is 4. The lowest BCUT2D eigenvalue weighted by Crippen LogP contribution is -2.38. The molecule has 0 amide bonds. The molecule has 0 unspecified atom stereocenters. The third-order valence-corrected chi connectivity index (χ3v) is 11.1. The lowest BCUT2D eigenvalue weighted by atomic mass is 9.65. The summed E-state index contributed by atoms with van der Waals surface area (Å²) in [6, 6.07) is 9.38. The summed E-state index contributed by atoms with van der Waals surface area (Å²) in [5, 5.41) is 8.94. The van der Waals surface area contributed by atoms with Gasteiger partial charge in [0.15, 0.2) is 0 Å². The molecular weight excluding hydrogens is 550 g/mol. The van der Waals surface area contributed by atoms with Crippen molar-refractivity contribution < 1.29 is 22.3 Å². The molecule has 0 aliphatic heterocycles. The molecule has 3 aliphatic carbocycles. The van der Waals surface area contributed by atoms with Gasteiger partial charge in [0.05, 0.1) is 23.1 Å².